The largest absolute Gasteiger partial charge is 0.347 e. The van der Waals surface area contributed by atoms with Gasteiger partial charge in [0.15, 0.2) is 0 Å². The first-order valence-electron chi connectivity index (χ1n) is 8.72. The Morgan fingerprint density at radius 3 is 2.79 bits per heavy atom. The number of nitrogens with zero attached hydrogens (tertiary/aromatic N) is 2. The summed E-state index contributed by atoms with van der Waals surface area (Å²) >= 11 is 0. The molecule has 2 N–H and O–H groups in total. The van der Waals surface area contributed by atoms with Crippen LogP contribution in [0.1, 0.15) is 21.9 Å². The zero-order valence-electron chi connectivity index (χ0n) is 15.1. The maximum atomic E-state index is 14.5. The maximum Gasteiger partial charge on any atom is 0.268 e. The normalized spacial score (nSPS) is 10.9. The van der Waals surface area contributed by atoms with E-state index in [9.17, 15) is 14.0 Å². The number of aromatic amines is 1. The van der Waals surface area contributed by atoms with E-state index >= 15 is 0 Å². The second-order valence-electron chi connectivity index (χ2n) is 6.41. The second kappa shape index (κ2) is 7.11. The van der Waals surface area contributed by atoms with E-state index in [0.29, 0.717) is 27.8 Å². The van der Waals surface area contributed by atoms with Crippen molar-refractivity contribution >= 4 is 16.7 Å². The van der Waals surface area contributed by atoms with E-state index < -0.39 is 11.7 Å². The number of aromatic nitrogens is 3. The van der Waals surface area contributed by atoms with Gasteiger partial charge in [-0.25, -0.2) is 9.37 Å². The number of carbonyl (C=O) groups is 1. The van der Waals surface area contributed by atoms with Crippen molar-refractivity contribution in [1.29, 1.82) is 0 Å². The number of aryl methyl sites for hydroxylation is 1. The molecule has 0 spiro atoms. The van der Waals surface area contributed by atoms with E-state index in [0.717, 1.165) is 0 Å². The highest BCUT2D eigenvalue weighted by Crippen LogP contribution is 2.17. The van der Waals surface area contributed by atoms with Crippen molar-refractivity contribution in [3.8, 4) is 5.69 Å². The molecule has 0 atom stereocenters. The average molecular weight is 376 g/mol. The van der Waals surface area contributed by atoms with Gasteiger partial charge in [-0.1, -0.05) is 24.3 Å². The molecule has 0 bridgehead atoms. The molecule has 0 aliphatic carbocycles. The third-order valence-corrected chi connectivity index (χ3v) is 4.55. The van der Waals surface area contributed by atoms with Crippen molar-refractivity contribution < 1.29 is 9.18 Å². The molecule has 0 saturated carbocycles. The molecule has 2 aromatic carbocycles. The van der Waals surface area contributed by atoms with Crippen molar-refractivity contribution in [3.05, 3.63) is 94.2 Å². The second-order valence-corrected chi connectivity index (χ2v) is 6.41. The van der Waals surface area contributed by atoms with Crippen molar-refractivity contribution in [1.82, 2.24) is 19.9 Å². The van der Waals surface area contributed by atoms with Crippen LogP contribution in [0.25, 0.3) is 16.5 Å². The molecular formula is C21H17FN4O2. The fourth-order valence-corrected chi connectivity index (χ4v) is 3.10. The monoisotopic (exact) mass is 376 g/mol. The zero-order chi connectivity index (χ0) is 19.7. The summed E-state index contributed by atoms with van der Waals surface area (Å²) in [5.41, 5.74) is 0.837. The van der Waals surface area contributed by atoms with Gasteiger partial charge in [0.05, 0.1) is 5.69 Å². The van der Waals surface area contributed by atoms with Crippen LogP contribution < -0.4 is 10.9 Å². The van der Waals surface area contributed by atoms with Gasteiger partial charge in [-0.3, -0.25) is 9.59 Å². The molecule has 0 aliphatic heterocycles. The molecule has 140 valence electrons. The van der Waals surface area contributed by atoms with Gasteiger partial charge in [0.1, 0.15) is 17.3 Å². The number of rotatable bonds is 4. The smallest absolute Gasteiger partial charge is 0.268 e. The van der Waals surface area contributed by atoms with E-state index in [-0.39, 0.29) is 17.8 Å². The first-order chi connectivity index (χ1) is 13.5. The summed E-state index contributed by atoms with van der Waals surface area (Å²) in [6.07, 6.45) is 3.29. The number of pyridine rings is 1. The Balaban J connectivity index is 1.52. The fraction of sp³-hybridized carbons (Fsp3) is 0.0952. The van der Waals surface area contributed by atoms with Gasteiger partial charge in [0.2, 0.25) is 0 Å². The Morgan fingerprint density at radius 2 is 2.04 bits per heavy atom. The van der Waals surface area contributed by atoms with Gasteiger partial charge in [0, 0.05) is 24.3 Å². The zero-order valence-corrected chi connectivity index (χ0v) is 15.1. The molecule has 0 radical (unpaired) electrons. The summed E-state index contributed by atoms with van der Waals surface area (Å²) in [6, 6.07) is 13.4. The van der Waals surface area contributed by atoms with Gasteiger partial charge in [-0.2, -0.15) is 0 Å². The minimum Gasteiger partial charge on any atom is -0.347 e. The topological polar surface area (TPSA) is 79.8 Å². The highest BCUT2D eigenvalue weighted by Gasteiger charge is 2.11. The Labute approximate surface area is 159 Å². The number of amides is 1. The predicted octanol–water partition coefficient (Wildman–Crippen LogP) is 3.09. The molecule has 7 heteroatoms. The van der Waals surface area contributed by atoms with Gasteiger partial charge >= 0.3 is 0 Å². The summed E-state index contributed by atoms with van der Waals surface area (Å²) in [7, 11) is 0. The minimum atomic E-state index is -0.433. The van der Waals surface area contributed by atoms with Crippen LogP contribution in [0.15, 0.2) is 65.7 Å². The summed E-state index contributed by atoms with van der Waals surface area (Å²) in [6.45, 7) is 1.92. The Morgan fingerprint density at radius 1 is 1.21 bits per heavy atom. The summed E-state index contributed by atoms with van der Waals surface area (Å²) in [4.78, 5) is 31.2. The van der Waals surface area contributed by atoms with Gasteiger partial charge in [-0.05, 0) is 42.1 Å². The molecule has 6 nitrogen and oxygen atoms in total. The SMILES string of the molecule is Cc1nccn1-c1ccc(CNC(=O)c2cc3ccccc3c(=O)[nH]2)cc1F. The number of carbonyl (C=O) groups excluding carboxylic acids is 1. The molecule has 2 heterocycles. The number of hydrogen-bond donors (Lipinski definition) is 2. The molecule has 1 amide bonds. The third-order valence-electron chi connectivity index (χ3n) is 4.55. The highest BCUT2D eigenvalue weighted by molar-refractivity contribution is 5.96. The van der Waals surface area contributed by atoms with Gasteiger partial charge < -0.3 is 14.9 Å². The van der Waals surface area contributed by atoms with E-state index in [1.807, 2.05) is 0 Å². The van der Waals surface area contributed by atoms with Crippen molar-refractivity contribution in [2.24, 2.45) is 0 Å². The summed E-state index contributed by atoms with van der Waals surface area (Å²) in [5, 5.41) is 3.91. The molecule has 2 aromatic heterocycles. The van der Waals surface area contributed by atoms with Crippen LogP contribution in [0.3, 0.4) is 0 Å². The van der Waals surface area contributed by atoms with Gasteiger partial charge in [0.25, 0.3) is 11.5 Å². The predicted molar refractivity (Wildman–Crippen MR) is 104 cm³/mol. The van der Waals surface area contributed by atoms with Crippen LogP contribution in [0, 0.1) is 12.7 Å². The van der Waals surface area contributed by atoms with E-state index in [2.05, 4.69) is 15.3 Å². The lowest BCUT2D eigenvalue weighted by Crippen LogP contribution is -2.26. The molecule has 0 fully saturated rings. The van der Waals surface area contributed by atoms with Gasteiger partial charge in [-0.15, -0.1) is 0 Å². The molecular weight excluding hydrogens is 359 g/mol. The van der Waals surface area contributed by atoms with Crippen LogP contribution >= 0.6 is 0 Å². The number of imidazole rings is 1. The van der Waals surface area contributed by atoms with Crippen LogP contribution in [0.4, 0.5) is 4.39 Å². The quantitative estimate of drug-likeness (QED) is 0.574. The lowest BCUT2D eigenvalue weighted by atomic mass is 10.1. The number of benzene rings is 2. The number of nitrogens with one attached hydrogen (secondary N) is 2. The van der Waals surface area contributed by atoms with E-state index in [1.54, 1.807) is 66.3 Å². The molecule has 0 aliphatic rings. The lowest BCUT2D eigenvalue weighted by molar-refractivity contribution is 0.0946. The molecule has 28 heavy (non-hydrogen) atoms. The molecule has 4 rings (SSSR count). The average Bonchev–Trinajstić information content (AvgIpc) is 3.12. The number of halogens is 1. The molecule has 0 saturated heterocycles. The van der Waals surface area contributed by atoms with Crippen LogP contribution in [-0.2, 0) is 6.54 Å². The first kappa shape index (κ1) is 17.7. The summed E-state index contributed by atoms with van der Waals surface area (Å²) < 4.78 is 16.1. The Bertz CT molecular complexity index is 1240. The molecule has 0 unspecified atom stereocenters. The van der Waals surface area contributed by atoms with Crippen LogP contribution in [0.5, 0.6) is 0 Å². The first-order valence-corrected chi connectivity index (χ1v) is 8.72. The van der Waals surface area contributed by atoms with Crippen molar-refractivity contribution in [3.63, 3.8) is 0 Å². The van der Waals surface area contributed by atoms with Crippen molar-refractivity contribution in [2.75, 3.05) is 0 Å². The van der Waals surface area contributed by atoms with Crippen molar-refractivity contribution in [2.45, 2.75) is 13.5 Å². The lowest BCUT2D eigenvalue weighted by Gasteiger charge is -2.10. The van der Waals surface area contributed by atoms with Crippen LogP contribution in [-0.4, -0.2) is 20.4 Å². The molecule has 4 aromatic rings. The third kappa shape index (κ3) is 3.29. The Kier molecular flexibility index (Phi) is 4.49. The summed E-state index contributed by atoms with van der Waals surface area (Å²) in [5.74, 6) is -0.162. The van der Waals surface area contributed by atoms with E-state index in [1.165, 1.54) is 6.07 Å². The highest BCUT2D eigenvalue weighted by atomic mass is 19.1. The standard InChI is InChI=1S/C21H17FN4O2/c1-13-23-8-9-26(13)19-7-6-14(10-17(19)22)12-24-21(28)18-11-15-4-2-3-5-16(15)20(27)25-18/h2-11H,12H2,1H3,(H,24,28)(H,25,27). The number of fused-ring (bicyclic) bond motifs is 1. The number of H-pyrrole nitrogens is 1. The number of hydrogen-bond acceptors (Lipinski definition) is 3. The maximum absolute atomic E-state index is 14.5. The fourth-order valence-electron chi connectivity index (χ4n) is 3.10. The van der Waals surface area contributed by atoms with Crippen LogP contribution in [0.2, 0.25) is 0 Å². The van der Waals surface area contributed by atoms with E-state index in [4.69, 9.17) is 0 Å². The Hall–Kier alpha value is -3.74. The minimum absolute atomic E-state index is 0.133.